The van der Waals surface area contributed by atoms with Crippen LogP contribution in [0.25, 0.3) is 11.1 Å². The minimum absolute atomic E-state index is 0.0794. The Morgan fingerprint density at radius 3 is 2.48 bits per heavy atom. The second kappa shape index (κ2) is 7.62. The normalized spacial score (nSPS) is 21.3. The molecule has 1 atom stereocenters. The molecule has 152 valence electrons. The van der Waals surface area contributed by atoms with E-state index in [0.29, 0.717) is 25.9 Å². The standard InChI is InChI=1S/C24H27FN2O2/c1-26(2)23(29)24(12-13-27(16-24)22(28)19-6-7-19)15-17-4-3-5-20(14-17)18-8-10-21(25)11-9-18/h3-5,8-11,14,19H,6-7,12-13,15-16H2,1-2H3/t24-/m1/s1. The van der Waals surface area contributed by atoms with Gasteiger partial charge >= 0.3 is 0 Å². The zero-order valence-corrected chi connectivity index (χ0v) is 17.0. The quantitative estimate of drug-likeness (QED) is 0.775. The van der Waals surface area contributed by atoms with E-state index in [1.54, 1.807) is 31.1 Å². The first-order valence-corrected chi connectivity index (χ1v) is 10.2. The van der Waals surface area contributed by atoms with Gasteiger partial charge in [0.2, 0.25) is 11.8 Å². The molecule has 1 saturated carbocycles. The lowest BCUT2D eigenvalue weighted by molar-refractivity contribution is -0.139. The molecular weight excluding hydrogens is 367 g/mol. The Hall–Kier alpha value is -2.69. The fourth-order valence-corrected chi connectivity index (χ4v) is 4.41. The number of benzene rings is 2. The third kappa shape index (κ3) is 4.04. The summed E-state index contributed by atoms with van der Waals surface area (Å²) in [4.78, 5) is 29.3. The Labute approximate surface area is 171 Å². The van der Waals surface area contributed by atoms with Crippen molar-refractivity contribution >= 4 is 11.8 Å². The molecule has 29 heavy (non-hydrogen) atoms. The predicted octanol–water partition coefficient (Wildman–Crippen LogP) is 3.75. The summed E-state index contributed by atoms with van der Waals surface area (Å²) in [6.07, 6.45) is 3.23. The van der Waals surface area contributed by atoms with Crippen LogP contribution < -0.4 is 0 Å². The number of amides is 2. The van der Waals surface area contributed by atoms with Crippen LogP contribution in [0.4, 0.5) is 4.39 Å². The molecule has 2 aromatic carbocycles. The number of carbonyl (C=O) groups is 2. The first-order chi connectivity index (χ1) is 13.9. The van der Waals surface area contributed by atoms with Crippen molar-refractivity contribution in [3.63, 3.8) is 0 Å². The first kappa shape index (κ1) is 19.6. The summed E-state index contributed by atoms with van der Waals surface area (Å²) in [6.45, 7) is 1.13. The maximum absolute atomic E-state index is 13.3. The fraction of sp³-hybridized carbons (Fsp3) is 0.417. The van der Waals surface area contributed by atoms with Crippen LogP contribution in [-0.4, -0.2) is 48.8 Å². The van der Waals surface area contributed by atoms with Gasteiger partial charge in [-0.05, 0) is 54.5 Å². The van der Waals surface area contributed by atoms with Crippen molar-refractivity contribution in [2.75, 3.05) is 27.2 Å². The van der Waals surface area contributed by atoms with Gasteiger partial charge < -0.3 is 9.80 Å². The molecule has 5 heteroatoms. The minimum Gasteiger partial charge on any atom is -0.348 e. The topological polar surface area (TPSA) is 40.6 Å². The van der Waals surface area contributed by atoms with E-state index in [1.165, 1.54) is 12.1 Å². The zero-order valence-electron chi connectivity index (χ0n) is 17.0. The Bertz CT molecular complexity index is 921. The van der Waals surface area contributed by atoms with Gasteiger partial charge in [0.05, 0.1) is 5.41 Å². The summed E-state index contributed by atoms with van der Waals surface area (Å²) in [5.41, 5.74) is 2.41. The third-order valence-corrected chi connectivity index (χ3v) is 6.10. The van der Waals surface area contributed by atoms with Crippen molar-refractivity contribution in [3.05, 3.63) is 59.9 Å². The number of hydrogen-bond donors (Lipinski definition) is 0. The van der Waals surface area contributed by atoms with E-state index < -0.39 is 5.41 Å². The Balaban J connectivity index is 1.60. The van der Waals surface area contributed by atoms with Crippen LogP contribution in [0.5, 0.6) is 0 Å². The number of nitrogens with zero attached hydrogens (tertiary/aromatic N) is 2. The van der Waals surface area contributed by atoms with Crippen LogP contribution in [0.15, 0.2) is 48.5 Å². The van der Waals surface area contributed by atoms with Gasteiger partial charge in [0.1, 0.15) is 5.82 Å². The lowest BCUT2D eigenvalue weighted by atomic mass is 9.79. The first-order valence-electron chi connectivity index (χ1n) is 10.2. The van der Waals surface area contributed by atoms with Crippen LogP contribution in [0.2, 0.25) is 0 Å². The highest BCUT2D eigenvalue weighted by atomic mass is 19.1. The van der Waals surface area contributed by atoms with E-state index in [9.17, 15) is 14.0 Å². The molecule has 0 bridgehead atoms. The van der Waals surface area contributed by atoms with Crippen molar-refractivity contribution in [2.45, 2.75) is 25.7 Å². The third-order valence-electron chi connectivity index (χ3n) is 6.10. The van der Waals surface area contributed by atoms with Crippen molar-refractivity contribution in [2.24, 2.45) is 11.3 Å². The summed E-state index contributed by atoms with van der Waals surface area (Å²) in [5.74, 6) is 0.197. The highest BCUT2D eigenvalue weighted by molar-refractivity contribution is 5.86. The lowest BCUT2D eigenvalue weighted by Crippen LogP contribution is -2.44. The molecule has 0 unspecified atom stereocenters. The van der Waals surface area contributed by atoms with Gasteiger partial charge in [0.15, 0.2) is 0 Å². The summed E-state index contributed by atoms with van der Waals surface area (Å²) < 4.78 is 13.3. The summed E-state index contributed by atoms with van der Waals surface area (Å²) in [5, 5.41) is 0. The lowest BCUT2D eigenvalue weighted by Gasteiger charge is -2.31. The maximum atomic E-state index is 13.3. The summed E-state index contributed by atoms with van der Waals surface area (Å²) in [6, 6.07) is 14.5. The van der Waals surface area contributed by atoms with E-state index in [4.69, 9.17) is 0 Å². The van der Waals surface area contributed by atoms with E-state index in [1.807, 2.05) is 23.1 Å². The predicted molar refractivity (Wildman–Crippen MR) is 111 cm³/mol. The minimum atomic E-state index is -0.588. The van der Waals surface area contributed by atoms with Crippen molar-refractivity contribution in [1.82, 2.24) is 9.80 Å². The maximum Gasteiger partial charge on any atom is 0.230 e. The average molecular weight is 394 g/mol. The van der Waals surface area contributed by atoms with Gasteiger partial charge in [-0.1, -0.05) is 36.4 Å². The molecule has 0 N–H and O–H groups in total. The molecule has 4 nitrogen and oxygen atoms in total. The van der Waals surface area contributed by atoms with Gasteiger partial charge in [-0.2, -0.15) is 0 Å². The second-order valence-corrected chi connectivity index (χ2v) is 8.65. The number of likely N-dealkylation sites (tertiary alicyclic amines) is 1. The molecule has 2 fully saturated rings. The molecule has 2 aliphatic rings. The van der Waals surface area contributed by atoms with E-state index in [0.717, 1.165) is 29.5 Å². The molecule has 0 spiro atoms. The second-order valence-electron chi connectivity index (χ2n) is 8.65. The van der Waals surface area contributed by atoms with Gasteiger partial charge in [-0.25, -0.2) is 4.39 Å². The van der Waals surface area contributed by atoms with E-state index >= 15 is 0 Å². The van der Waals surface area contributed by atoms with Crippen LogP contribution in [0.1, 0.15) is 24.8 Å². The molecule has 1 saturated heterocycles. The smallest absolute Gasteiger partial charge is 0.230 e. The Morgan fingerprint density at radius 2 is 1.83 bits per heavy atom. The molecule has 2 aromatic rings. The van der Waals surface area contributed by atoms with Crippen molar-refractivity contribution in [3.8, 4) is 11.1 Å². The van der Waals surface area contributed by atoms with Gasteiger partial charge in [0, 0.05) is 33.1 Å². The van der Waals surface area contributed by atoms with E-state index in [-0.39, 0.29) is 23.5 Å². The Morgan fingerprint density at radius 1 is 1.10 bits per heavy atom. The van der Waals surface area contributed by atoms with Gasteiger partial charge in [-0.15, -0.1) is 0 Å². The molecular formula is C24H27FN2O2. The van der Waals surface area contributed by atoms with Crippen molar-refractivity contribution in [1.29, 1.82) is 0 Å². The molecule has 1 heterocycles. The number of carbonyl (C=O) groups excluding carboxylic acids is 2. The highest BCUT2D eigenvalue weighted by Crippen LogP contribution is 2.40. The van der Waals surface area contributed by atoms with Crippen LogP contribution in [0.3, 0.4) is 0 Å². The molecule has 0 radical (unpaired) electrons. The van der Waals surface area contributed by atoms with Gasteiger partial charge in [-0.3, -0.25) is 9.59 Å². The average Bonchev–Trinajstić information content (AvgIpc) is 3.48. The number of halogens is 1. The molecule has 1 aliphatic carbocycles. The molecule has 1 aliphatic heterocycles. The Kier molecular flexibility index (Phi) is 5.15. The molecule has 4 rings (SSSR count). The highest BCUT2D eigenvalue weighted by Gasteiger charge is 2.48. The summed E-state index contributed by atoms with van der Waals surface area (Å²) in [7, 11) is 3.56. The monoisotopic (exact) mass is 394 g/mol. The van der Waals surface area contributed by atoms with Crippen LogP contribution in [-0.2, 0) is 16.0 Å². The number of hydrogen-bond acceptors (Lipinski definition) is 2. The van der Waals surface area contributed by atoms with Crippen LogP contribution in [0, 0.1) is 17.2 Å². The van der Waals surface area contributed by atoms with Crippen molar-refractivity contribution < 1.29 is 14.0 Å². The molecule has 0 aromatic heterocycles. The summed E-state index contributed by atoms with van der Waals surface area (Å²) >= 11 is 0. The largest absolute Gasteiger partial charge is 0.348 e. The van der Waals surface area contributed by atoms with E-state index in [2.05, 4.69) is 6.07 Å². The SMILES string of the molecule is CN(C)C(=O)[C@@]1(Cc2cccc(-c3ccc(F)cc3)c2)CCN(C(=O)C2CC2)C1. The zero-order chi connectivity index (χ0) is 20.6. The fourth-order valence-electron chi connectivity index (χ4n) is 4.41. The van der Waals surface area contributed by atoms with Gasteiger partial charge in [0.25, 0.3) is 0 Å². The molecule has 2 amide bonds. The van der Waals surface area contributed by atoms with Crippen LogP contribution >= 0.6 is 0 Å². The number of rotatable bonds is 5.